The number of nitrogens with zero attached hydrogens (tertiary/aromatic N) is 1. The summed E-state index contributed by atoms with van der Waals surface area (Å²) in [6.07, 6.45) is 4.98. The fraction of sp³-hybridized carbons (Fsp3) is 0.500. The number of hydrogen-bond acceptors (Lipinski definition) is 5. The van der Waals surface area contributed by atoms with Gasteiger partial charge < -0.3 is 4.74 Å². The summed E-state index contributed by atoms with van der Waals surface area (Å²) in [7, 11) is 0. The first-order valence-corrected chi connectivity index (χ1v) is 7.47. The Morgan fingerprint density at radius 2 is 2.00 bits per heavy atom. The standard InChI is InChI=1S/C16H21NO5/c1-2-22-16(19)11-6-4-3-5-8-13-9-7-10-15(17(20)21)14(13)12-18/h7,9-10,12H,2-6,8,11H2,1H3. The highest BCUT2D eigenvalue weighted by molar-refractivity contribution is 5.83. The van der Waals surface area contributed by atoms with E-state index in [0.717, 1.165) is 25.7 Å². The molecule has 0 bridgehead atoms. The van der Waals surface area contributed by atoms with Crippen LogP contribution in [0, 0.1) is 10.1 Å². The first-order valence-electron chi connectivity index (χ1n) is 7.47. The molecule has 0 saturated heterocycles. The molecule has 22 heavy (non-hydrogen) atoms. The summed E-state index contributed by atoms with van der Waals surface area (Å²) in [5.41, 5.74) is 0.725. The smallest absolute Gasteiger partial charge is 0.305 e. The lowest BCUT2D eigenvalue weighted by molar-refractivity contribution is -0.385. The zero-order valence-corrected chi connectivity index (χ0v) is 12.7. The molecule has 0 aliphatic heterocycles. The maximum absolute atomic E-state index is 11.2. The van der Waals surface area contributed by atoms with E-state index in [2.05, 4.69) is 0 Å². The molecule has 0 aliphatic rings. The summed E-state index contributed by atoms with van der Waals surface area (Å²) in [6, 6.07) is 4.68. The number of carbonyl (C=O) groups excluding carboxylic acids is 2. The van der Waals surface area contributed by atoms with Gasteiger partial charge in [-0.2, -0.15) is 0 Å². The van der Waals surface area contributed by atoms with Crippen molar-refractivity contribution in [2.45, 2.75) is 45.4 Å². The van der Waals surface area contributed by atoms with E-state index in [-0.39, 0.29) is 17.2 Å². The van der Waals surface area contributed by atoms with Gasteiger partial charge in [0.2, 0.25) is 0 Å². The van der Waals surface area contributed by atoms with Gasteiger partial charge in [-0.3, -0.25) is 19.7 Å². The van der Waals surface area contributed by atoms with Crippen molar-refractivity contribution in [2.75, 3.05) is 6.61 Å². The van der Waals surface area contributed by atoms with Gasteiger partial charge in [-0.1, -0.05) is 25.0 Å². The molecular formula is C16H21NO5. The predicted molar refractivity (Wildman–Crippen MR) is 81.9 cm³/mol. The zero-order chi connectivity index (χ0) is 16.4. The van der Waals surface area contributed by atoms with E-state index >= 15 is 0 Å². The van der Waals surface area contributed by atoms with Crippen LogP contribution < -0.4 is 0 Å². The van der Waals surface area contributed by atoms with Crippen LogP contribution in [0.25, 0.3) is 0 Å². The summed E-state index contributed by atoms with van der Waals surface area (Å²) < 4.78 is 4.84. The van der Waals surface area contributed by atoms with Crippen molar-refractivity contribution in [1.82, 2.24) is 0 Å². The fourth-order valence-corrected chi connectivity index (χ4v) is 2.28. The summed E-state index contributed by atoms with van der Waals surface area (Å²) in [5, 5.41) is 10.9. The minimum Gasteiger partial charge on any atom is -0.466 e. The number of rotatable bonds is 10. The molecule has 0 aliphatic carbocycles. The van der Waals surface area contributed by atoms with E-state index in [9.17, 15) is 19.7 Å². The van der Waals surface area contributed by atoms with Crippen LogP contribution >= 0.6 is 0 Å². The van der Waals surface area contributed by atoms with Crippen LogP contribution in [0.4, 0.5) is 5.69 Å². The van der Waals surface area contributed by atoms with Crippen LogP contribution in [0.15, 0.2) is 18.2 Å². The molecular weight excluding hydrogens is 286 g/mol. The molecule has 0 fully saturated rings. The topological polar surface area (TPSA) is 86.5 Å². The predicted octanol–water partition coefficient (Wildman–Crippen LogP) is 3.46. The van der Waals surface area contributed by atoms with Gasteiger partial charge in [0.15, 0.2) is 6.29 Å². The number of nitro benzene ring substituents is 1. The Kier molecular flexibility index (Phi) is 7.81. The molecule has 0 heterocycles. The van der Waals surface area contributed by atoms with E-state index in [1.54, 1.807) is 19.1 Å². The summed E-state index contributed by atoms with van der Waals surface area (Å²) >= 11 is 0. The number of unbranched alkanes of at least 4 members (excludes halogenated alkanes) is 3. The van der Waals surface area contributed by atoms with Gasteiger partial charge in [-0.05, 0) is 31.7 Å². The number of nitro groups is 1. The second-order valence-electron chi connectivity index (χ2n) is 4.94. The number of ether oxygens (including phenoxy) is 1. The molecule has 0 atom stereocenters. The Hall–Kier alpha value is -2.24. The highest BCUT2D eigenvalue weighted by Gasteiger charge is 2.16. The fourth-order valence-electron chi connectivity index (χ4n) is 2.28. The van der Waals surface area contributed by atoms with Gasteiger partial charge in [0.25, 0.3) is 5.69 Å². The maximum atomic E-state index is 11.2. The minimum absolute atomic E-state index is 0.144. The highest BCUT2D eigenvalue weighted by Crippen LogP contribution is 2.22. The van der Waals surface area contributed by atoms with Gasteiger partial charge in [-0.15, -0.1) is 0 Å². The van der Waals surface area contributed by atoms with Gasteiger partial charge in [-0.25, -0.2) is 0 Å². The van der Waals surface area contributed by atoms with Gasteiger partial charge in [0.1, 0.15) is 0 Å². The largest absolute Gasteiger partial charge is 0.466 e. The van der Waals surface area contributed by atoms with E-state index in [1.807, 2.05) is 0 Å². The van der Waals surface area contributed by atoms with Crippen molar-refractivity contribution in [1.29, 1.82) is 0 Å². The average molecular weight is 307 g/mol. The number of carbonyl (C=O) groups is 2. The number of benzene rings is 1. The molecule has 0 aromatic heterocycles. The van der Waals surface area contributed by atoms with Crippen molar-refractivity contribution in [3.63, 3.8) is 0 Å². The SMILES string of the molecule is CCOC(=O)CCCCCCc1cccc([N+](=O)[O-])c1C=O. The molecule has 1 aromatic rings. The van der Waals surface area contributed by atoms with Crippen molar-refractivity contribution in [3.8, 4) is 0 Å². The molecule has 6 heteroatoms. The Balaban J connectivity index is 2.39. The lowest BCUT2D eigenvalue weighted by Crippen LogP contribution is -2.03. The Morgan fingerprint density at radius 3 is 2.64 bits per heavy atom. The number of aryl methyl sites for hydroxylation is 1. The third-order valence-electron chi connectivity index (χ3n) is 3.37. The molecule has 1 rings (SSSR count). The normalized spacial score (nSPS) is 10.2. The molecule has 0 N–H and O–H groups in total. The van der Waals surface area contributed by atoms with E-state index < -0.39 is 4.92 Å². The summed E-state index contributed by atoms with van der Waals surface area (Å²) in [6.45, 7) is 2.18. The highest BCUT2D eigenvalue weighted by atomic mass is 16.6. The lowest BCUT2D eigenvalue weighted by Gasteiger charge is -2.05. The van der Waals surface area contributed by atoms with Crippen LogP contribution in [0.1, 0.15) is 54.9 Å². The summed E-state index contributed by atoms with van der Waals surface area (Å²) in [5.74, 6) is -0.176. The molecule has 0 spiro atoms. The maximum Gasteiger partial charge on any atom is 0.305 e. The second-order valence-corrected chi connectivity index (χ2v) is 4.94. The number of esters is 1. The van der Waals surface area contributed by atoms with Crippen LogP contribution in [0.2, 0.25) is 0 Å². The van der Waals surface area contributed by atoms with E-state index in [4.69, 9.17) is 4.74 Å². The first-order chi connectivity index (χ1) is 10.6. The second kappa shape index (κ2) is 9.65. The minimum atomic E-state index is -0.535. The molecule has 0 amide bonds. The Morgan fingerprint density at radius 1 is 1.27 bits per heavy atom. The van der Waals surface area contributed by atoms with Crippen LogP contribution in [-0.2, 0) is 16.0 Å². The van der Waals surface area contributed by atoms with Gasteiger partial charge in [0, 0.05) is 12.5 Å². The van der Waals surface area contributed by atoms with Crippen molar-refractivity contribution < 1.29 is 19.2 Å². The van der Waals surface area contributed by atoms with Crippen molar-refractivity contribution >= 4 is 17.9 Å². The third-order valence-corrected chi connectivity index (χ3v) is 3.37. The zero-order valence-electron chi connectivity index (χ0n) is 12.7. The van der Waals surface area contributed by atoms with Crippen LogP contribution in [-0.4, -0.2) is 23.8 Å². The molecule has 0 unspecified atom stereocenters. The third kappa shape index (κ3) is 5.63. The van der Waals surface area contributed by atoms with Crippen molar-refractivity contribution in [3.05, 3.63) is 39.4 Å². The van der Waals surface area contributed by atoms with Crippen LogP contribution in [0.3, 0.4) is 0 Å². The van der Waals surface area contributed by atoms with E-state index in [1.165, 1.54) is 6.07 Å². The summed E-state index contributed by atoms with van der Waals surface area (Å²) in [4.78, 5) is 32.6. The quantitative estimate of drug-likeness (QED) is 0.217. The average Bonchev–Trinajstić information content (AvgIpc) is 2.50. The number of hydrogen-bond donors (Lipinski definition) is 0. The lowest BCUT2D eigenvalue weighted by atomic mass is 10.00. The molecule has 0 saturated carbocycles. The monoisotopic (exact) mass is 307 g/mol. The van der Waals surface area contributed by atoms with E-state index in [0.29, 0.717) is 31.3 Å². The Bertz CT molecular complexity index is 527. The molecule has 120 valence electrons. The molecule has 1 aromatic carbocycles. The van der Waals surface area contributed by atoms with Gasteiger partial charge in [0.05, 0.1) is 17.1 Å². The first kappa shape index (κ1) is 17.8. The van der Waals surface area contributed by atoms with Gasteiger partial charge >= 0.3 is 5.97 Å². The molecule has 0 radical (unpaired) electrons. The van der Waals surface area contributed by atoms with Crippen LogP contribution in [0.5, 0.6) is 0 Å². The van der Waals surface area contributed by atoms with Crippen molar-refractivity contribution in [2.24, 2.45) is 0 Å². The number of aldehydes is 1. The Labute approximate surface area is 129 Å². The molecule has 6 nitrogen and oxygen atoms in total.